The van der Waals surface area contributed by atoms with Crippen LogP contribution in [0.4, 0.5) is 0 Å². The largest absolute Gasteiger partial charge is 0.497 e. The van der Waals surface area contributed by atoms with E-state index in [1.54, 1.807) is 14.2 Å². The van der Waals surface area contributed by atoms with Gasteiger partial charge in [0, 0.05) is 6.07 Å². The fourth-order valence-electron chi connectivity index (χ4n) is 2.81. The fraction of sp³-hybridized carbons (Fsp3) is 0.565. The fourth-order valence-corrected chi connectivity index (χ4v) is 2.81. The molecule has 0 N–H and O–H groups in total. The number of benzene rings is 1. The van der Waals surface area contributed by atoms with Gasteiger partial charge in [-0.25, -0.2) is 0 Å². The van der Waals surface area contributed by atoms with Crippen LogP contribution in [0.15, 0.2) is 42.5 Å². The van der Waals surface area contributed by atoms with Gasteiger partial charge >= 0.3 is 0 Å². The summed E-state index contributed by atoms with van der Waals surface area (Å²) in [5.41, 5.74) is 1.30. The highest BCUT2D eigenvalue weighted by atomic mass is 16.5. The Morgan fingerprint density at radius 2 is 1.32 bits per heavy atom. The lowest BCUT2D eigenvalue weighted by molar-refractivity contribution is 0.393. The molecule has 0 amide bonds. The lowest BCUT2D eigenvalue weighted by atomic mass is 10.0. The highest BCUT2D eigenvalue weighted by Gasteiger charge is 2.02. The topological polar surface area (TPSA) is 18.5 Å². The first-order chi connectivity index (χ1) is 12.3. The van der Waals surface area contributed by atoms with Crippen molar-refractivity contribution in [2.75, 3.05) is 14.2 Å². The quantitative estimate of drug-likeness (QED) is 0.270. The van der Waals surface area contributed by atoms with E-state index >= 15 is 0 Å². The number of aryl methyl sites for hydroxylation is 1. The number of ether oxygens (including phenoxy) is 2. The van der Waals surface area contributed by atoms with Crippen LogP contribution in [0.1, 0.15) is 70.3 Å². The summed E-state index contributed by atoms with van der Waals surface area (Å²) in [7, 11) is 3.41. The number of unbranched alkanes of at least 4 members (excludes halogenated alkanes) is 6. The van der Waals surface area contributed by atoms with Crippen LogP contribution in [0.25, 0.3) is 0 Å². The lowest BCUT2D eigenvalue weighted by Crippen LogP contribution is -1.92. The summed E-state index contributed by atoms with van der Waals surface area (Å²) in [6.45, 7) is 2.22. The SMILES string of the molecule is CCCC=CCC=CCCCCCCCc1cc(OC)cc(OC)c1. The van der Waals surface area contributed by atoms with Crippen molar-refractivity contribution in [2.24, 2.45) is 0 Å². The molecule has 0 saturated carbocycles. The summed E-state index contributed by atoms with van der Waals surface area (Å²) in [5.74, 6) is 1.76. The second-order valence-corrected chi connectivity index (χ2v) is 6.49. The van der Waals surface area contributed by atoms with Crippen LogP contribution >= 0.6 is 0 Å². The highest BCUT2D eigenvalue weighted by Crippen LogP contribution is 2.23. The first-order valence-corrected chi connectivity index (χ1v) is 9.82. The molecular formula is C23H36O2. The standard InChI is InChI=1S/C23H36O2/c1-4-5-6-7-8-9-10-11-12-13-14-15-16-17-21-18-22(24-2)20-23(19-21)25-3/h6-7,9-10,18-20H,4-5,8,11-17H2,1-3H3. The molecule has 0 aliphatic carbocycles. The van der Waals surface area contributed by atoms with Crippen molar-refractivity contribution in [3.05, 3.63) is 48.1 Å². The van der Waals surface area contributed by atoms with Crippen molar-refractivity contribution >= 4 is 0 Å². The van der Waals surface area contributed by atoms with E-state index in [9.17, 15) is 0 Å². The van der Waals surface area contributed by atoms with Crippen LogP contribution in [-0.2, 0) is 6.42 Å². The van der Waals surface area contributed by atoms with Crippen molar-refractivity contribution in [1.82, 2.24) is 0 Å². The smallest absolute Gasteiger partial charge is 0.122 e. The third-order valence-electron chi connectivity index (χ3n) is 4.31. The molecule has 1 aromatic carbocycles. The number of hydrogen-bond donors (Lipinski definition) is 0. The zero-order valence-corrected chi connectivity index (χ0v) is 16.4. The summed E-state index contributed by atoms with van der Waals surface area (Å²) in [5, 5.41) is 0. The Balaban J connectivity index is 2.06. The van der Waals surface area contributed by atoms with Crippen LogP contribution in [0.2, 0.25) is 0 Å². The van der Waals surface area contributed by atoms with Gasteiger partial charge in [0.2, 0.25) is 0 Å². The molecule has 25 heavy (non-hydrogen) atoms. The van der Waals surface area contributed by atoms with E-state index in [1.165, 1.54) is 56.9 Å². The van der Waals surface area contributed by atoms with Gasteiger partial charge in [-0.05, 0) is 56.2 Å². The van der Waals surface area contributed by atoms with Crippen LogP contribution in [0.5, 0.6) is 11.5 Å². The van der Waals surface area contributed by atoms with Gasteiger partial charge in [-0.15, -0.1) is 0 Å². The summed E-state index contributed by atoms with van der Waals surface area (Å²) in [6, 6.07) is 6.15. The number of rotatable bonds is 14. The van der Waals surface area contributed by atoms with Crippen molar-refractivity contribution in [3.63, 3.8) is 0 Å². The van der Waals surface area contributed by atoms with Gasteiger partial charge in [0.05, 0.1) is 14.2 Å². The van der Waals surface area contributed by atoms with E-state index in [0.29, 0.717) is 0 Å². The van der Waals surface area contributed by atoms with Gasteiger partial charge in [-0.1, -0.05) is 56.9 Å². The predicted octanol–water partition coefficient (Wildman–Crippen LogP) is 6.89. The molecule has 0 aromatic heterocycles. The second-order valence-electron chi connectivity index (χ2n) is 6.49. The number of hydrogen-bond acceptors (Lipinski definition) is 2. The van der Waals surface area contributed by atoms with Crippen molar-refractivity contribution in [2.45, 2.75) is 71.1 Å². The first-order valence-electron chi connectivity index (χ1n) is 9.82. The Kier molecular flexibility index (Phi) is 12.5. The van der Waals surface area contributed by atoms with Gasteiger partial charge in [0.25, 0.3) is 0 Å². The van der Waals surface area contributed by atoms with Crippen LogP contribution in [-0.4, -0.2) is 14.2 Å². The van der Waals surface area contributed by atoms with Gasteiger partial charge in [0.1, 0.15) is 11.5 Å². The Labute approximate surface area is 154 Å². The number of methoxy groups -OCH3 is 2. The maximum absolute atomic E-state index is 5.33. The minimum Gasteiger partial charge on any atom is -0.497 e. The van der Waals surface area contributed by atoms with E-state index in [2.05, 4.69) is 43.4 Å². The molecule has 0 saturated heterocycles. The molecule has 0 fully saturated rings. The number of allylic oxidation sites excluding steroid dienone is 4. The molecule has 0 aliphatic rings. The monoisotopic (exact) mass is 344 g/mol. The third kappa shape index (κ3) is 10.7. The summed E-state index contributed by atoms with van der Waals surface area (Å²) >= 11 is 0. The van der Waals surface area contributed by atoms with Gasteiger partial charge in [0.15, 0.2) is 0 Å². The molecule has 140 valence electrons. The second kappa shape index (κ2) is 14.6. The minimum absolute atomic E-state index is 0.880. The molecule has 2 nitrogen and oxygen atoms in total. The molecule has 0 unspecified atom stereocenters. The van der Waals surface area contributed by atoms with Gasteiger partial charge in [-0.2, -0.15) is 0 Å². The van der Waals surface area contributed by atoms with Crippen molar-refractivity contribution in [1.29, 1.82) is 0 Å². The summed E-state index contributed by atoms with van der Waals surface area (Å²) < 4.78 is 10.7. The average molecular weight is 345 g/mol. The highest BCUT2D eigenvalue weighted by molar-refractivity contribution is 5.38. The summed E-state index contributed by atoms with van der Waals surface area (Å²) in [6.07, 6.45) is 21.5. The molecule has 0 aliphatic heterocycles. The Bertz CT molecular complexity index is 481. The van der Waals surface area contributed by atoms with E-state index in [0.717, 1.165) is 24.3 Å². The molecule has 1 rings (SSSR count). The van der Waals surface area contributed by atoms with Gasteiger partial charge in [-0.3, -0.25) is 0 Å². The van der Waals surface area contributed by atoms with Crippen LogP contribution in [0.3, 0.4) is 0 Å². The van der Waals surface area contributed by atoms with E-state index < -0.39 is 0 Å². The molecule has 0 radical (unpaired) electrons. The maximum Gasteiger partial charge on any atom is 0.122 e. The maximum atomic E-state index is 5.33. The predicted molar refractivity (Wildman–Crippen MR) is 109 cm³/mol. The minimum atomic E-state index is 0.880. The Hall–Kier alpha value is -1.70. The van der Waals surface area contributed by atoms with Crippen molar-refractivity contribution < 1.29 is 9.47 Å². The zero-order chi connectivity index (χ0) is 18.2. The van der Waals surface area contributed by atoms with E-state index in [4.69, 9.17) is 9.47 Å². The average Bonchev–Trinajstić information content (AvgIpc) is 2.65. The normalized spacial score (nSPS) is 11.5. The Morgan fingerprint density at radius 1 is 0.720 bits per heavy atom. The zero-order valence-electron chi connectivity index (χ0n) is 16.4. The van der Waals surface area contributed by atoms with Crippen LogP contribution in [0, 0.1) is 0 Å². The van der Waals surface area contributed by atoms with E-state index in [1.807, 2.05) is 6.07 Å². The first kappa shape index (κ1) is 21.3. The summed E-state index contributed by atoms with van der Waals surface area (Å²) in [4.78, 5) is 0. The van der Waals surface area contributed by atoms with Crippen LogP contribution < -0.4 is 9.47 Å². The molecule has 0 heterocycles. The van der Waals surface area contributed by atoms with Gasteiger partial charge < -0.3 is 9.47 Å². The van der Waals surface area contributed by atoms with Crippen molar-refractivity contribution in [3.8, 4) is 11.5 Å². The molecule has 0 bridgehead atoms. The molecule has 0 atom stereocenters. The molecule has 1 aromatic rings. The molecule has 2 heteroatoms. The third-order valence-corrected chi connectivity index (χ3v) is 4.31. The molecular weight excluding hydrogens is 308 g/mol. The lowest BCUT2D eigenvalue weighted by Gasteiger charge is -2.08. The Morgan fingerprint density at radius 3 is 1.96 bits per heavy atom. The van der Waals surface area contributed by atoms with E-state index in [-0.39, 0.29) is 0 Å². The molecule has 0 spiro atoms.